The molecule has 1 unspecified atom stereocenters. The Morgan fingerprint density at radius 3 is 2.26 bits per heavy atom. The zero-order valence-electron chi connectivity index (χ0n) is 20.3. The summed E-state index contributed by atoms with van der Waals surface area (Å²) >= 11 is 0. The molecule has 2 aliphatic rings. The van der Waals surface area contributed by atoms with E-state index in [1.807, 2.05) is 49.1 Å². The number of anilines is 1. The van der Waals surface area contributed by atoms with Crippen LogP contribution in [0.1, 0.15) is 33.5 Å². The number of benzene rings is 2. The molecule has 0 aliphatic carbocycles. The molecule has 3 amide bonds. The number of aryl methyl sites for hydroxylation is 3. The molecule has 0 aromatic heterocycles. The number of hydrogen-bond acceptors (Lipinski definition) is 4. The van der Waals surface area contributed by atoms with E-state index in [1.165, 1.54) is 5.56 Å². The van der Waals surface area contributed by atoms with E-state index >= 15 is 0 Å². The van der Waals surface area contributed by atoms with Gasteiger partial charge in [0, 0.05) is 63.5 Å². The summed E-state index contributed by atoms with van der Waals surface area (Å²) in [5.74, 6) is -0.280. The fourth-order valence-corrected chi connectivity index (χ4v) is 5.07. The lowest BCUT2D eigenvalue weighted by molar-refractivity contribution is -0.126. The van der Waals surface area contributed by atoms with E-state index in [-0.39, 0.29) is 30.1 Å². The van der Waals surface area contributed by atoms with Crippen molar-refractivity contribution in [3.8, 4) is 0 Å². The Morgan fingerprint density at radius 1 is 0.971 bits per heavy atom. The number of nitrogens with zero attached hydrogens (tertiary/aromatic N) is 3. The quantitative estimate of drug-likeness (QED) is 0.716. The maximum absolute atomic E-state index is 13.1. The van der Waals surface area contributed by atoms with Gasteiger partial charge in [-0.1, -0.05) is 35.9 Å². The van der Waals surface area contributed by atoms with Crippen molar-refractivity contribution in [3.63, 3.8) is 0 Å². The van der Waals surface area contributed by atoms with Crippen LogP contribution in [0.15, 0.2) is 42.5 Å². The van der Waals surface area contributed by atoms with Crippen molar-refractivity contribution in [1.29, 1.82) is 0 Å². The number of piperazine rings is 1. The molecule has 0 spiro atoms. The van der Waals surface area contributed by atoms with Gasteiger partial charge >= 0.3 is 0 Å². The van der Waals surface area contributed by atoms with Crippen LogP contribution in [0.4, 0.5) is 5.69 Å². The van der Waals surface area contributed by atoms with Gasteiger partial charge in [0.25, 0.3) is 5.91 Å². The second kappa shape index (κ2) is 10.4. The SMILES string of the molecule is Cc1cc(C)c(C(=O)N2CCN(CCNC(=O)C3CC(=O)N(c4ccccc4)C3)CC2)c(C)c1. The van der Waals surface area contributed by atoms with Crippen molar-refractivity contribution in [1.82, 2.24) is 15.1 Å². The summed E-state index contributed by atoms with van der Waals surface area (Å²) in [4.78, 5) is 44.0. The predicted octanol–water partition coefficient (Wildman–Crippen LogP) is 2.54. The van der Waals surface area contributed by atoms with Gasteiger partial charge in [-0.25, -0.2) is 0 Å². The minimum Gasteiger partial charge on any atom is -0.355 e. The monoisotopic (exact) mass is 462 g/mol. The summed E-state index contributed by atoms with van der Waals surface area (Å²) in [6.45, 7) is 10.7. The van der Waals surface area contributed by atoms with Crippen molar-refractivity contribution in [2.75, 3.05) is 50.7 Å². The normalized spacial score (nSPS) is 18.9. The molecule has 4 rings (SSSR count). The maximum atomic E-state index is 13.1. The van der Waals surface area contributed by atoms with Crippen molar-refractivity contribution in [3.05, 3.63) is 64.7 Å². The highest BCUT2D eigenvalue weighted by Crippen LogP contribution is 2.25. The average molecular weight is 463 g/mol. The lowest BCUT2D eigenvalue weighted by Crippen LogP contribution is -2.50. The number of hydrogen-bond donors (Lipinski definition) is 1. The van der Waals surface area contributed by atoms with Gasteiger partial charge in [0.15, 0.2) is 0 Å². The summed E-state index contributed by atoms with van der Waals surface area (Å²) in [5.41, 5.74) is 4.90. The van der Waals surface area contributed by atoms with E-state index < -0.39 is 0 Å². The van der Waals surface area contributed by atoms with Crippen LogP contribution in [0.25, 0.3) is 0 Å². The van der Waals surface area contributed by atoms with Gasteiger partial charge < -0.3 is 15.1 Å². The molecule has 0 saturated carbocycles. The van der Waals surface area contributed by atoms with Crippen molar-refractivity contribution in [2.24, 2.45) is 5.92 Å². The van der Waals surface area contributed by atoms with Crippen LogP contribution >= 0.6 is 0 Å². The summed E-state index contributed by atoms with van der Waals surface area (Å²) in [7, 11) is 0. The first-order valence-corrected chi connectivity index (χ1v) is 12.1. The Labute approximate surface area is 201 Å². The molecule has 2 heterocycles. The zero-order valence-corrected chi connectivity index (χ0v) is 20.3. The fourth-order valence-electron chi connectivity index (χ4n) is 5.07. The number of rotatable bonds is 6. The fraction of sp³-hybridized carbons (Fsp3) is 0.444. The molecule has 34 heavy (non-hydrogen) atoms. The number of nitrogens with one attached hydrogen (secondary N) is 1. The third kappa shape index (κ3) is 5.30. The minimum absolute atomic E-state index is 0.00816. The van der Waals surface area contributed by atoms with Crippen LogP contribution in [0, 0.1) is 26.7 Å². The highest BCUT2D eigenvalue weighted by molar-refractivity contribution is 6.00. The van der Waals surface area contributed by atoms with Crippen LogP contribution in [-0.4, -0.2) is 73.3 Å². The molecule has 7 heteroatoms. The number of carbonyl (C=O) groups is 3. The van der Waals surface area contributed by atoms with Crippen LogP contribution in [0.2, 0.25) is 0 Å². The molecule has 7 nitrogen and oxygen atoms in total. The smallest absolute Gasteiger partial charge is 0.254 e. The van der Waals surface area contributed by atoms with E-state index in [4.69, 9.17) is 0 Å². The Kier molecular flexibility index (Phi) is 7.32. The summed E-state index contributed by atoms with van der Waals surface area (Å²) < 4.78 is 0. The Bertz CT molecular complexity index is 1040. The van der Waals surface area contributed by atoms with Gasteiger partial charge in [-0.3, -0.25) is 19.3 Å². The lowest BCUT2D eigenvalue weighted by atomic mass is 9.98. The maximum Gasteiger partial charge on any atom is 0.254 e. The average Bonchev–Trinajstić information content (AvgIpc) is 3.21. The molecule has 2 aromatic rings. The van der Waals surface area contributed by atoms with Crippen LogP contribution < -0.4 is 10.2 Å². The van der Waals surface area contributed by atoms with Gasteiger partial charge in [0.05, 0.1) is 5.92 Å². The molecule has 0 bridgehead atoms. The molecule has 180 valence electrons. The van der Waals surface area contributed by atoms with E-state index in [9.17, 15) is 14.4 Å². The lowest BCUT2D eigenvalue weighted by Gasteiger charge is -2.35. The molecule has 1 atom stereocenters. The van der Waals surface area contributed by atoms with Gasteiger partial charge in [0.2, 0.25) is 11.8 Å². The topological polar surface area (TPSA) is 73.0 Å². The predicted molar refractivity (Wildman–Crippen MR) is 133 cm³/mol. The van der Waals surface area contributed by atoms with Crippen molar-refractivity contribution < 1.29 is 14.4 Å². The van der Waals surface area contributed by atoms with Gasteiger partial charge in [-0.2, -0.15) is 0 Å². The molecule has 1 N–H and O–H groups in total. The Hall–Kier alpha value is -3.19. The molecule has 2 saturated heterocycles. The number of amides is 3. The molecular weight excluding hydrogens is 428 g/mol. The summed E-state index contributed by atoms with van der Waals surface area (Å²) in [5, 5.41) is 3.00. The van der Waals surface area contributed by atoms with Crippen molar-refractivity contribution in [2.45, 2.75) is 27.2 Å². The molecule has 2 aromatic carbocycles. The van der Waals surface area contributed by atoms with Crippen LogP contribution in [0.3, 0.4) is 0 Å². The van der Waals surface area contributed by atoms with E-state index in [1.54, 1.807) is 4.90 Å². The standard InChI is InChI=1S/C27H34N4O3/c1-19-15-20(2)25(21(3)16-19)27(34)30-13-11-29(12-14-30)10-9-28-26(33)22-17-24(32)31(18-22)23-7-5-4-6-8-23/h4-8,15-16,22H,9-14,17-18H2,1-3H3,(H,28,33). The van der Waals surface area contributed by atoms with E-state index in [2.05, 4.69) is 29.3 Å². The minimum atomic E-state index is -0.317. The van der Waals surface area contributed by atoms with Crippen molar-refractivity contribution >= 4 is 23.4 Å². The summed E-state index contributed by atoms with van der Waals surface area (Å²) in [6, 6.07) is 13.6. The third-order valence-corrected chi connectivity index (χ3v) is 6.84. The zero-order chi connectivity index (χ0) is 24.2. The van der Waals surface area contributed by atoms with Crippen LogP contribution in [0.5, 0.6) is 0 Å². The first kappa shape index (κ1) is 24.0. The third-order valence-electron chi connectivity index (χ3n) is 6.84. The van der Waals surface area contributed by atoms with E-state index in [0.717, 1.165) is 42.0 Å². The molecule has 0 radical (unpaired) electrons. The van der Waals surface area contributed by atoms with Gasteiger partial charge in [-0.15, -0.1) is 0 Å². The van der Waals surface area contributed by atoms with Gasteiger partial charge in [0.1, 0.15) is 0 Å². The molecule has 2 aliphatic heterocycles. The van der Waals surface area contributed by atoms with Crippen LogP contribution in [-0.2, 0) is 9.59 Å². The summed E-state index contributed by atoms with van der Waals surface area (Å²) in [6.07, 6.45) is 0.249. The number of para-hydroxylation sites is 1. The van der Waals surface area contributed by atoms with Gasteiger partial charge in [-0.05, 0) is 44.0 Å². The first-order chi connectivity index (χ1) is 16.3. The molecular formula is C27H34N4O3. The largest absolute Gasteiger partial charge is 0.355 e. The highest BCUT2D eigenvalue weighted by Gasteiger charge is 2.35. The second-order valence-corrected chi connectivity index (χ2v) is 9.44. The Morgan fingerprint density at radius 2 is 1.62 bits per heavy atom. The second-order valence-electron chi connectivity index (χ2n) is 9.44. The molecule has 2 fully saturated rings. The number of carbonyl (C=O) groups excluding carboxylic acids is 3. The van der Waals surface area contributed by atoms with E-state index in [0.29, 0.717) is 26.2 Å². The highest BCUT2D eigenvalue weighted by atomic mass is 16.2. The first-order valence-electron chi connectivity index (χ1n) is 12.1. The Balaban J connectivity index is 1.21.